The Morgan fingerprint density at radius 3 is 2.53 bits per heavy atom. The fourth-order valence-electron chi connectivity index (χ4n) is 2.30. The summed E-state index contributed by atoms with van der Waals surface area (Å²) in [5.41, 5.74) is 0. The zero-order valence-corrected chi connectivity index (χ0v) is 12.9. The second-order valence-corrected chi connectivity index (χ2v) is 5.71. The number of nitrogens with zero attached hydrogens (tertiary/aromatic N) is 1. The lowest BCUT2D eigenvalue weighted by Crippen LogP contribution is -2.50. The average Bonchev–Trinajstić information content (AvgIpc) is 3.17. The smallest absolute Gasteiger partial charge is 0.324 e. The minimum absolute atomic E-state index is 0.113. The van der Waals surface area contributed by atoms with Crippen LogP contribution in [0.1, 0.15) is 53.4 Å². The molecule has 1 unspecified atom stereocenters. The lowest BCUT2D eigenvalue weighted by molar-refractivity contribution is -0.146. The Morgan fingerprint density at radius 1 is 1.37 bits per heavy atom. The molecule has 0 radical (unpaired) electrons. The third-order valence-corrected chi connectivity index (χ3v) is 3.38. The van der Waals surface area contributed by atoms with Crippen molar-refractivity contribution in [2.75, 3.05) is 19.7 Å². The maximum absolute atomic E-state index is 12.0. The Morgan fingerprint density at radius 2 is 2.05 bits per heavy atom. The molecule has 112 valence electrons. The van der Waals surface area contributed by atoms with E-state index in [0.717, 1.165) is 13.1 Å². The van der Waals surface area contributed by atoms with E-state index in [2.05, 4.69) is 31.0 Å². The Balaban J connectivity index is 2.54. The molecule has 0 aromatic carbocycles. The number of hydrogen-bond acceptors (Lipinski definition) is 4. The number of carbonyl (C=O) groups is 1. The fraction of sp³-hybridized carbons (Fsp3) is 0.933. The maximum Gasteiger partial charge on any atom is 0.324 e. The first kappa shape index (κ1) is 16.4. The van der Waals surface area contributed by atoms with Gasteiger partial charge in [0.2, 0.25) is 0 Å². The van der Waals surface area contributed by atoms with Crippen molar-refractivity contribution in [1.29, 1.82) is 0 Å². The van der Waals surface area contributed by atoms with Crippen molar-refractivity contribution in [3.05, 3.63) is 0 Å². The summed E-state index contributed by atoms with van der Waals surface area (Å²) in [6, 6.07) is 0.788. The van der Waals surface area contributed by atoms with E-state index in [4.69, 9.17) is 4.74 Å². The van der Waals surface area contributed by atoms with Crippen LogP contribution in [0.5, 0.6) is 0 Å². The summed E-state index contributed by atoms with van der Waals surface area (Å²) in [5.74, 6) is -0.113. The molecule has 0 spiro atoms. The number of unbranched alkanes of at least 4 members (excludes halogenated alkanes) is 1. The lowest BCUT2D eigenvalue weighted by Gasteiger charge is -2.28. The van der Waals surface area contributed by atoms with Gasteiger partial charge < -0.3 is 10.1 Å². The van der Waals surface area contributed by atoms with Crippen molar-refractivity contribution < 1.29 is 9.53 Å². The summed E-state index contributed by atoms with van der Waals surface area (Å²) in [4.78, 5) is 14.5. The summed E-state index contributed by atoms with van der Waals surface area (Å²) in [5, 5.41) is 3.34. The predicted octanol–water partition coefficient (Wildman–Crippen LogP) is 2.18. The van der Waals surface area contributed by atoms with E-state index >= 15 is 0 Å². The highest BCUT2D eigenvalue weighted by atomic mass is 16.5. The van der Waals surface area contributed by atoms with E-state index in [-0.39, 0.29) is 12.0 Å². The average molecular weight is 270 g/mol. The number of esters is 1. The van der Waals surface area contributed by atoms with Crippen LogP contribution in [0.2, 0.25) is 0 Å². The molecule has 1 saturated carbocycles. The zero-order valence-electron chi connectivity index (χ0n) is 12.9. The number of carbonyl (C=O) groups excluding carboxylic acids is 1. The van der Waals surface area contributed by atoms with Gasteiger partial charge in [-0.1, -0.05) is 27.2 Å². The first-order valence-electron chi connectivity index (χ1n) is 7.75. The molecule has 0 amide bonds. The van der Waals surface area contributed by atoms with E-state index in [1.165, 1.54) is 25.7 Å². The summed E-state index contributed by atoms with van der Waals surface area (Å²) < 4.78 is 5.18. The monoisotopic (exact) mass is 270 g/mol. The van der Waals surface area contributed by atoms with Gasteiger partial charge >= 0.3 is 5.97 Å². The number of ether oxygens (including phenoxy) is 1. The largest absolute Gasteiger partial charge is 0.465 e. The van der Waals surface area contributed by atoms with Crippen LogP contribution in [0.4, 0.5) is 0 Å². The fourth-order valence-corrected chi connectivity index (χ4v) is 2.30. The normalized spacial score (nSPS) is 16.9. The number of nitrogens with one attached hydrogen (secondary N) is 1. The minimum Gasteiger partial charge on any atom is -0.465 e. The third kappa shape index (κ3) is 6.39. The van der Waals surface area contributed by atoms with Crippen molar-refractivity contribution in [1.82, 2.24) is 10.2 Å². The molecule has 0 aromatic heterocycles. The molecule has 1 atom stereocenters. The molecular formula is C15H30N2O2. The Hall–Kier alpha value is -0.610. The summed E-state index contributed by atoms with van der Waals surface area (Å²) >= 11 is 0. The number of rotatable bonds is 10. The van der Waals surface area contributed by atoms with Crippen molar-refractivity contribution in [2.45, 2.75) is 71.5 Å². The van der Waals surface area contributed by atoms with Gasteiger partial charge in [0.25, 0.3) is 0 Å². The predicted molar refractivity (Wildman–Crippen MR) is 78.2 cm³/mol. The van der Waals surface area contributed by atoms with Crippen LogP contribution in [0, 0.1) is 0 Å². The second kappa shape index (κ2) is 8.54. The summed E-state index contributed by atoms with van der Waals surface area (Å²) in [6.45, 7) is 10.5. The second-order valence-electron chi connectivity index (χ2n) is 5.71. The first-order chi connectivity index (χ1) is 9.08. The van der Waals surface area contributed by atoms with Crippen molar-refractivity contribution in [2.24, 2.45) is 0 Å². The van der Waals surface area contributed by atoms with Gasteiger partial charge in [0.15, 0.2) is 0 Å². The Kier molecular flexibility index (Phi) is 7.39. The highest BCUT2D eigenvalue weighted by Crippen LogP contribution is 2.27. The van der Waals surface area contributed by atoms with E-state index in [1.807, 2.05) is 6.92 Å². The molecule has 0 aliphatic heterocycles. The molecule has 0 saturated heterocycles. The lowest BCUT2D eigenvalue weighted by atomic mass is 10.2. The van der Waals surface area contributed by atoms with Gasteiger partial charge in [0.1, 0.15) is 6.04 Å². The first-order valence-corrected chi connectivity index (χ1v) is 7.75. The van der Waals surface area contributed by atoms with Crippen molar-refractivity contribution in [3.8, 4) is 0 Å². The van der Waals surface area contributed by atoms with Crippen molar-refractivity contribution in [3.63, 3.8) is 0 Å². The van der Waals surface area contributed by atoms with Crippen molar-refractivity contribution >= 4 is 5.97 Å². The van der Waals surface area contributed by atoms with Crippen LogP contribution in [-0.2, 0) is 9.53 Å². The molecular weight excluding hydrogens is 240 g/mol. The highest BCUT2D eigenvalue weighted by molar-refractivity contribution is 5.76. The van der Waals surface area contributed by atoms with Gasteiger partial charge in [0.05, 0.1) is 6.61 Å². The maximum atomic E-state index is 12.0. The Labute approximate surface area is 117 Å². The third-order valence-electron chi connectivity index (χ3n) is 3.38. The van der Waals surface area contributed by atoms with Gasteiger partial charge in [-0.05, 0) is 32.7 Å². The van der Waals surface area contributed by atoms with Crippen LogP contribution in [0.3, 0.4) is 0 Å². The van der Waals surface area contributed by atoms with Gasteiger partial charge in [-0.25, -0.2) is 0 Å². The standard InChI is InChI=1S/C15H30N2O2/c1-5-7-10-17(13-8-9-13)11-14(16-12(3)4)15(18)19-6-2/h12-14,16H,5-11H2,1-4H3. The molecule has 1 aliphatic carbocycles. The van der Waals surface area contributed by atoms with Crippen LogP contribution in [0.25, 0.3) is 0 Å². The van der Waals surface area contributed by atoms with E-state index < -0.39 is 0 Å². The number of hydrogen-bond donors (Lipinski definition) is 1. The van der Waals surface area contributed by atoms with Gasteiger partial charge in [-0.2, -0.15) is 0 Å². The summed E-state index contributed by atoms with van der Waals surface area (Å²) in [6.07, 6.45) is 4.96. The van der Waals surface area contributed by atoms with E-state index in [0.29, 0.717) is 18.7 Å². The Bertz CT molecular complexity index is 265. The van der Waals surface area contributed by atoms with Crippen LogP contribution in [-0.4, -0.2) is 48.7 Å². The SMILES string of the molecule is CCCCN(CC(NC(C)C)C(=O)OCC)C1CC1. The van der Waals surface area contributed by atoms with E-state index in [1.54, 1.807) is 0 Å². The van der Waals surface area contributed by atoms with Gasteiger partial charge in [0, 0.05) is 18.6 Å². The quantitative estimate of drug-likeness (QED) is 0.618. The molecule has 4 nitrogen and oxygen atoms in total. The van der Waals surface area contributed by atoms with E-state index in [9.17, 15) is 4.79 Å². The molecule has 0 bridgehead atoms. The van der Waals surface area contributed by atoms with Crippen LogP contribution in [0.15, 0.2) is 0 Å². The minimum atomic E-state index is -0.197. The van der Waals surface area contributed by atoms with Crippen LogP contribution < -0.4 is 5.32 Å². The summed E-state index contributed by atoms with van der Waals surface area (Å²) in [7, 11) is 0. The molecule has 1 N–H and O–H groups in total. The molecule has 4 heteroatoms. The van der Waals surface area contributed by atoms with Gasteiger partial charge in [-0.15, -0.1) is 0 Å². The molecule has 0 aromatic rings. The molecule has 1 rings (SSSR count). The van der Waals surface area contributed by atoms with Gasteiger partial charge in [-0.3, -0.25) is 9.69 Å². The molecule has 19 heavy (non-hydrogen) atoms. The molecule has 1 fully saturated rings. The topological polar surface area (TPSA) is 41.6 Å². The molecule has 1 aliphatic rings. The van der Waals surface area contributed by atoms with Crippen LogP contribution >= 0.6 is 0 Å². The zero-order chi connectivity index (χ0) is 14.3. The molecule has 0 heterocycles. The highest BCUT2D eigenvalue weighted by Gasteiger charge is 2.32.